The predicted molar refractivity (Wildman–Crippen MR) is 89.9 cm³/mol. The van der Waals surface area contributed by atoms with Gasteiger partial charge in [0.05, 0.1) is 6.54 Å². The highest BCUT2D eigenvalue weighted by atomic mass is 16.2. The third kappa shape index (κ3) is 5.05. The van der Waals surface area contributed by atoms with E-state index in [2.05, 4.69) is 5.32 Å². The summed E-state index contributed by atoms with van der Waals surface area (Å²) in [5, 5.41) is 2.43. The summed E-state index contributed by atoms with van der Waals surface area (Å²) in [5.41, 5.74) is 0.788. The minimum Gasteiger partial charge on any atom is -0.357 e. The van der Waals surface area contributed by atoms with E-state index in [0.29, 0.717) is 6.29 Å². The van der Waals surface area contributed by atoms with E-state index in [1.165, 1.54) is 27.1 Å². The highest BCUT2D eigenvalue weighted by molar-refractivity contribution is 6.04. The Balaban J connectivity index is 2.90. The van der Waals surface area contributed by atoms with Crippen LogP contribution in [0, 0.1) is 0 Å². The molecule has 0 fully saturated rings. The maximum atomic E-state index is 12.4. The number of nitrogens with zero attached hydrogens (tertiary/aromatic N) is 2. The van der Waals surface area contributed by atoms with Gasteiger partial charge >= 0.3 is 6.03 Å². The second kappa shape index (κ2) is 9.24. The van der Waals surface area contributed by atoms with Gasteiger partial charge in [0.2, 0.25) is 5.91 Å². The largest absolute Gasteiger partial charge is 0.357 e. The van der Waals surface area contributed by atoms with E-state index in [-0.39, 0.29) is 12.5 Å². The molecule has 0 saturated heterocycles. The number of benzene rings is 1. The lowest BCUT2D eigenvalue weighted by Crippen LogP contribution is -2.52. The van der Waals surface area contributed by atoms with Gasteiger partial charge in [-0.3, -0.25) is 14.5 Å². The van der Waals surface area contributed by atoms with Gasteiger partial charge in [0.15, 0.2) is 0 Å². The third-order valence-electron chi connectivity index (χ3n) is 3.48. The van der Waals surface area contributed by atoms with Crippen LogP contribution in [0.5, 0.6) is 0 Å². The van der Waals surface area contributed by atoms with Gasteiger partial charge in [-0.05, 0) is 18.6 Å². The zero-order chi connectivity index (χ0) is 18.1. The molecule has 0 aliphatic rings. The smallest absolute Gasteiger partial charge is 0.327 e. The van der Waals surface area contributed by atoms with Crippen molar-refractivity contribution < 1.29 is 19.2 Å². The van der Waals surface area contributed by atoms with Gasteiger partial charge < -0.3 is 15.0 Å². The summed E-state index contributed by atoms with van der Waals surface area (Å²) in [5.74, 6) is -1.00. The van der Waals surface area contributed by atoms with Crippen molar-refractivity contribution >= 4 is 30.2 Å². The number of imide groups is 1. The quantitative estimate of drug-likeness (QED) is 0.620. The number of amides is 4. The van der Waals surface area contributed by atoms with Gasteiger partial charge in [-0.15, -0.1) is 0 Å². The van der Waals surface area contributed by atoms with Crippen LogP contribution in [0.2, 0.25) is 0 Å². The number of likely N-dealkylation sites (N-methyl/N-ethyl adjacent to an activating group) is 2. The minimum atomic E-state index is -0.775. The molecular formula is C17H21N3O4. The number of hydrogen-bond donors (Lipinski definition) is 1. The van der Waals surface area contributed by atoms with E-state index in [1.54, 1.807) is 18.2 Å². The molecule has 0 aromatic heterocycles. The van der Waals surface area contributed by atoms with Crippen LogP contribution in [-0.2, 0) is 14.4 Å². The van der Waals surface area contributed by atoms with Crippen molar-refractivity contribution in [2.24, 2.45) is 0 Å². The first-order chi connectivity index (χ1) is 11.4. The lowest BCUT2D eigenvalue weighted by atomic mass is 10.2. The zero-order valence-electron chi connectivity index (χ0n) is 13.9. The molecule has 0 aliphatic carbocycles. The Bertz CT molecular complexity index is 628. The van der Waals surface area contributed by atoms with Crippen molar-refractivity contribution in [2.75, 3.05) is 20.6 Å². The summed E-state index contributed by atoms with van der Waals surface area (Å²) >= 11 is 0. The zero-order valence-corrected chi connectivity index (χ0v) is 13.9. The van der Waals surface area contributed by atoms with Crippen LogP contribution >= 0.6 is 0 Å². The summed E-state index contributed by atoms with van der Waals surface area (Å²) in [4.78, 5) is 49.0. The molecule has 0 spiro atoms. The first kappa shape index (κ1) is 19.1. The van der Waals surface area contributed by atoms with E-state index in [1.807, 2.05) is 18.2 Å². The van der Waals surface area contributed by atoms with Crippen molar-refractivity contribution in [3.05, 3.63) is 42.0 Å². The number of aldehydes is 1. The minimum absolute atomic E-state index is 0.371. The first-order valence-corrected chi connectivity index (χ1v) is 7.39. The van der Waals surface area contributed by atoms with Crippen LogP contribution in [0.4, 0.5) is 4.79 Å². The molecule has 0 bridgehead atoms. The van der Waals surface area contributed by atoms with Crippen LogP contribution in [-0.4, -0.2) is 60.6 Å². The van der Waals surface area contributed by atoms with E-state index >= 15 is 0 Å². The standard InChI is InChI=1S/C17H21N3O4/c1-13(16(23)18-2)19(3)17(24)20(11-12-21)15(22)10-9-14-7-5-4-6-8-14/h4-10,12-13H,11H2,1-3H3,(H,18,23)/b10-9+. The van der Waals surface area contributed by atoms with Crippen molar-refractivity contribution in [3.63, 3.8) is 0 Å². The number of hydrogen-bond acceptors (Lipinski definition) is 4. The van der Waals surface area contributed by atoms with Crippen LogP contribution in [0.25, 0.3) is 6.08 Å². The molecule has 1 rings (SSSR count). The van der Waals surface area contributed by atoms with Crippen LogP contribution in [0.15, 0.2) is 36.4 Å². The first-order valence-electron chi connectivity index (χ1n) is 7.39. The average Bonchev–Trinajstić information content (AvgIpc) is 2.62. The van der Waals surface area contributed by atoms with Gasteiger partial charge in [0.25, 0.3) is 5.91 Å². The Labute approximate surface area is 140 Å². The number of carbonyl (C=O) groups is 4. The number of carbonyl (C=O) groups excluding carboxylic acids is 4. The van der Waals surface area contributed by atoms with Gasteiger partial charge in [-0.2, -0.15) is 0 Å². The summed E-state index contributed by atoms with van der Waals surface area (Å²) in [6.45, 7) is 1.14. The Morgan fingerprint density at radius 3 is 2.38 bits per heavy atom. The molecule has 0 heterocycles. The monoisotopic (exact) mass is 331 g/mol. The van der Waals surface area contributed by atoms with Gasteiger partial charge in [0.1, 0.15) is 12.3 Å². The fourth-order valence-electron chi connectivity index (χ4n) is 1.90. The molecule has 0 saturated carbocycles. The second-order valence-corrected chi connectivity index (χ2v) is 5.04. The lowest BCUT2D eigenvalue weighted by Gasteiger charge is -2.28. The van der Waals surface area contributed by atoms with Gasteiger partial charge in [-0.25, -0.2) is 4.79 Å². The summed E-state index contributed by atoms with van der Waals surface area (Å²) in [7, 11) is 2.85. The fraction of sp³-hybridized carbons (Fsp3) is 0.294. The SMILES string of the molecule is CNC(=O)C(C)N(C)C(=O)N(CC=O)C(=O)/C=C/c1ccccc1. The maximum absolute atomic E-state index is 12.4. The Morgan fingerprint density at radius 1 is 1.21 bits per heavy atom. The van der Waals surface area contributed by atoms with E-state index in [4.69, 9.17) is 0 Å². The second-order valence-electron chi connectivity index (χ2n) is 5.04. The Kier molecular flexibility index (Phi) is 7.35. The van der Waals surface area contributed by atoms with Gasteiger partial charge in [0, 0.05) is 20.2 Å². The van der Waals surface area contributed by atoms with E-state index < -0.39 is 18.0 Å². The van der Waals surface area contributed by atoms with Gasteiger partial charge in [-0.1, -0.05) is 30.3 Å². The average molecular weight is 331 g/mol. The molecule has 7 heteroatoms. The summed E-state index contributed by atoms with van der Waals surface area (Å²) < 4.78 is 0. The normalized spacial score (nSPS) is 11.6. The molecule has 4 amide bonds. The number of urea groups is 1. The molecule has 24 heavy (non-hydrogen) atoms. The highest BCUT2D eigenvalue weighted by Crippen LogP contribution is 2.06. The van der Waals surface area contributed by atoms with Crippen molar-refractivity contribution in [1.29, 1.82) is 0 Å². The third-order valence-corrected chi connectivity index (χ3v) is 3.48. The molecule has 1 unspecified atom stereocenters. The fourth-order valence-corrected chi connectivity index (χ4v) is 1.90. The maximum Gasteiger partial charge on any atom is 0.327 e. The molecule has 128 valence electrons. The summed E-state index contributed by atoms with van der Waals surface area (Å²) in [6, 6.07) is 7.58. The molecular weight excluding hydrogens is 310 g/mol. The van der Waals surface area contributed by atoms with Crippen LogP contribution in [0.1, 0.15) is 12.5 Å². The predicted octanol–water partition coefficient (Wildman–Crippen LogP) is 0.914. The molecule has 0 radical (unpaired) electrons. The van der Waals surface area contributed by atoms with Crippen molar-refractivity contribution in [1.82, 2.24) is 15.1 Å². The van der Waals surface area contributed by atoms with Crippen molar-refractivity contribution in [2.45, 2.75) is 13.0 Å². The molecule has 7 nitrogen and oxygen atoms in total. The molecule has 0 aliphatic heterocycles. The van der Waals surface area contributed by atoms with E-state index in [0.717, 1.165) is 15.4 Å². The summed E-state index contributed by atoms with van der Waals surface area (Å²) in [6.07, 6.45) is 3.23. The number of rotatable bonds is 6. The van der Waals surface area contributed by atoms with Crippen LogP contribution in [0.3, 0.4) is 0 Å². The topological polar surface area (TPSA) is 86.8 Å². The molecule has 1 atom stereocenters. The highest BCUT2D eigenvalue weighted by Gasteiger charge is 2.28. The Morgan fingerprint density at radius 2 is 1.83 bits per heavy atom. The van der Waals surface area contributed by atoms with Crippen molar-refractivity contribution in [3.8, 4) is 0 Å². The molecule has 1 aromatic carbocycles. The van der Waals surface area contributed by atoms with Crippen LogP contribution < -0.4 is 5.32 Å². The molecule has 1 N–H and O–H groups in total. The Hall–Kier alpha value is -2.96. The molecule has 1 aromatic rings. The number of nitrogens with one attached hydrogen (secondary N) is 1. The van der Waals surface area contributed by atoms with E-state index in [9.17, 15) is 19.2 Å². The lowest BCUT2D eigenvalue weighted by molar-refractivity contribution is -0.128.